The zero-order chi connectivity index (χ0) is 30.1. The SMILES string of the molecule is CC1N(S(=O)(=O)c2ccc(F)cc2)c2ccc(C(=O)NCc3ccccc3Cl)cc2C12CCN(C(=O)OCCO)CC2. The second kappa shape index (κ2) is 11.9. The van der Waals surface area contributed by atoms with Crippen LogP contribution in [-0.4, -0.2) is 62.8 Å². The number of rotatable bonds is 7. The van der Waals surface area contributed by atoms with Gasteiger partial charge in [0, 0.05) is 35.6 Å². The Morgan fingerprint density at radius 1 is 1.10 bits per heavy atom. The van der Waals surface area contributed by atoms with Crippen LogP contribution in [0.2, 0.25) is 5.02 Å². The highest BCUT2D eigenvalue weighted by Crippen LogP contribution is 2.53. The van der Waals surface area contributed by atoms with Crippen molar-refractivity contribution in [3.05, 3.63) is 94.3 Å². The zero-order valence-corrected chi connectivity index (χ0v) is 24.5. The highest BCUT2D eigenvalue weighted by molar-refractivity contribution is 7.92. The van der Waals surface area contributed by atoms with Crippen LogP contribution in [0.4, 0.5) is 14.9 Å². The van der Waals surface area contributed by atoms with Gasteiger partial charge in [0.15, 0.2) is 0 Å². The second-order valence-electron chi connectivity index (χ2n) is 10.4. The Bertz CT molecular complexity index is 1590. The number of fused-ring (bicyclic) bond motifs is 2. The molecule has 5 rings (SSSR count). The fraction of sp³-hybridized carbons (Fsp3) is 0.333. The van der Waals surface area contributed by atoms with Crippen molar-refractivity contribution in [2.75, 3.05) is 30.6 Å². The molecule has 1 unspecified atom stereocenters. The number of carbonyl (C=O) groups excluding carboxylic acids is 2. The van der Waals surface area contributed by atoms with Crippen molar-refractivity contribution in [1.82, 2.24) is 10.2 Å². The highest BCUT2D eigenvalue weighted by atomic mass is 35.5. The summed E-state index contributed by atoms with van der Waals surface area (Å²) in [4.78, 5) is 27.2. The lowest BCUT2D eigenvalue weighted by Crippen LogP contribution is -2.52. The fourth-order valence-electron chi connectivity index (χ4n) is 5.90. The maximum absolute atomic E-state index is 13.9. The molecule has 2 aliphatic heterocycles. The van der Waals surface area contributed by atoms with E-state index in [2.05, 4.69) is 5.32 Å². The van der Waals surface area contributed by atoms with Crippen molar-refractivity contribution in [2.45, 2.75) is 42.7 Å². The van der Waals surface area contributed by atoms with Crippen molar-refractivity contribution in [3.63, 3.8) is 0 Å². The van der Waals surface area contributed by atoms with Crippen LogP contribution in [0.5, 0.6) is 0 Å². The van der Waals surface area contributed by atoms with Gasteiger partial charge in [-0.1, -0.05) is 29.8 Å². The first kappa shape index (κ1) is 29.8. The molecule has 1 spiro atoms. The Morgan fingerprint density at radius 2 is 1.79 bits per heavy atom. The molecule has 1 fully saturated rings. The van der Waals surface area contributed by atoms with Gasteiger partial charge in [-0.15, -0.1) is 0 Å². The Morgan fingerprint density at radius 3 is 2.45 bits per heavy atom. The number of aliphatic hydroxyl groups is 1. The van der Waals surface area contributed by atoms with Gasteiger partial charge in [-0.3, -0.25) is 9.10 Å². The van der Waals surface area contributed by atoms with Crippen LogP contribution in [0, 0.1) is 5.82 Å². The quantitative estimate of drug-likeness (QED) is 0.405. The van der Waals surface area contributed by atoms with Crippen molar-refractivity contribution in [1.29, 1.82) is 0 Å². The third kappa shape index (κ3) is 5.44. The van der Waals surface area contributed by atoms with Crippen LogP contribution in [0.1, 0.15) is 41.3 Å². The van der Waals surface area contributed by atoms with Gasteiger partial charge in [-0.25, -0.2) is 17.6 Å². The normalized spacial score (nSPS) is 17.7. The molecule has 3 aromatic rings. The summed E-state index contributed by atoms with van der Waals surface area (Å²) < 4.78 is 48.0. The average molecular weight is 616 g/mol. The molecule has 1 atom stereocenters. The minimum absolute atomic E-state index is 0.0506. The van der Waals surface area contributed by atoms with Gasteiger partial charge in [0.25, 0.3) is 15.9 Å². The summed E-state index contributed by atoms with van der Waals surface area (Å²) in [5.41, 5.74) is 1.53. The lowest BCUT2D eigenvalue weighted by molar-refractivity contribution is 0.0676. The number of hydrogen-bond donors (Lipinski definition) is 2. The first-order valence-corrected chi connectivity index (χ1v) is 15.4. The van der Waals surface area contributed by atoms with E-state index in [9.17, 15) is 22.4 Å². The number of carbonyl (C=O) groups is 2. The van der Waals surface area contributed by atoms with Crippen molar-refractivity contribution in [2.24, 2.45) is 0 Å². The smallest absolute Gasteiger partial charge is 0.409 e. The first-order valence-electron chi connectivity index (χ1n) is 13.6. The van der Waals surface area contributed by atoms with Gasteiger partial charge in [-0.2, -0.15) is 0 Å². The van der Waals surface area contributed by atoms with Crippen LogP contribution in [0.25, 0.3) is 0 Å². The molecule has 0 bridgehead atoms. The number of likely N-dealkylation sites (tertiary alicyclic amines) is 1. The number of aliphatic hydroxyl groups excluding tert-OH is 1. The molecule has 42 heavy (non-hydrogen) atoms. The number of ether oxygens (including phenoxy) is 1. The van der Waals surface area contributed by atoms with E-state index in [1.165, 1.54) is 21.3 Å². The fourth-order valence-corrected chi connectivity index (χ4v) is 7.85. The summed E-state index contributed by atoms with van der Waals surface area (Å²) >= 11 is 6.24. The molecule has 0 aromatic heterocycles. The van der Waals surface area contributed by atoms with Crippen LogP contribution in [-0.2, 0) is 26.7 Å². The monoisotopic (exact) mass is 615 g/mol. The minimum Gasteiger partial charge on any atom is -0.447 e. The number of amides is 2. The Kier molecular flexibility index (Phi) is 8.45. The maximum Gasteiger partial charge on any atom is 0.409 e. The number of halogens is 2. The lowest BCUT2D eigenvalue weighted by Gasteiger charge is -2.43. The Balaban J connectivity index is 1.50. The predicted molar refractivity (Wildman–Crippen MR) is 156 cm³/mol. The van der Waals surface area contributed by atoms with E-state index in [-0.39, 0.29) is 30.6 Å². The van der Waals surface area contributed by atoms with Crippen molar-refractivity contribution < 1.29 is 32.2 Å². The topological polar surface area (TPSA) is 116 Å². The van der Waals surface area contributed by atoms with Crippen molar-refractivity contribution in [3.8, 4) is 0 Å². The first-order chi connectivity index (χ1) is 20.1. The van der Waals surface area contributed by atoms with E-state index in [4.69, 9.17) is 21.4 Å². The van der Waals surface area contributed by atoms with E-state index >= 15 is 0 Å². The van der Waals surface area contributed by atoms with Crippen LogP contribution < -0.4 is 9.62 Å². The molecule has 2 N–H and O–H groups in total. The largest absolute Gasteiger partial charge is 0.447 e. The van der Waals surface area contributed by atoms with Gasteiger partial charge in [0.1, 0.15) is 12.4 Å². The van der Waals surface area contributed by atoms with Gasteiger partial charge in [0.2, 0.25) is 0 Å². The molecule has 2 heterocycles. The standard InChI is InChI=1S/C30H31ClFN3O6S/c1-20-30(12-14-34(15-13-30)29(38)41-17-16-36)25-18-21(28(37)33-19-22-4-2-3-5-26(22)31)6-11-27(25)35(20)42(39,40)24-9-7-23(32)8-10-24/h2-11,18,20,36H,12-17,19H2,1H3,(H,33,37). The molecular weight excluding hydrogens is 585 g/mol. The summed E-state index contributed by atoms with van der Waals surface area (Å²) in [7, 11) is -4.10. The summed E-state index contributed by atoms with van der Waals surface area (Å²) in [5.74, 6) is -0.890. The number of benzene rings is 3. The number of sulfonamides is 1. The lowest BCUT2D eigenvalue weighted by atomic mass is 9.70. The molecule has 0 aliphatic carbocycles. The number of nitrogens with one attached hydrogen (secondary N) is 1. The summed E-state index contributed by atoms with van der Waals surface area (Å²) in [6.07, 6.45) is 0.277. The zero-order valence-electron chi connectivity index (χ0n) is 22.9. The molecule has 222 valence electrons. The molecule has 2 aliphatic rings. The molecule has 3 aromatic carbocycles. The van der Waals surface area contributed by atoms with Crippen LogP contribution in [0.15, 0.2) is 71.6 Å². The van der Waals surface area contributed by atoms with E-state index in [0.29, 0.717) is 47.8 Å². The van der Waals surface area contributed by atoms with Crippen molar-refractivity contribution >= 4 is 39.3 Å². The molecule has 1 saturated heterocycles. The summed E-state index contributed by atoms with van der Waals surface area (Å²) in [5, 5.41) is 12.4. The van der Waals surface area contributed by atoms with E-state index in [1.807, 2.05) is 19.1 Å². The molecule has 9 nitrogen and oxygen atoms in total. The minimum atomic E-state index is -4.10. The van der Waals surface area contributed by atoms with Crippen LogP contribution >= 0.6 is 11.6 Å². The third-order valence-corrected chi connectivity index (χ3v) is 10.4. The molecule has 0 radical (unpaired) electrons. The maximum atomic E-state index is 13.9. The summed E-state index contributed by atoms with van der Waals surface area (Å²) in [6.45, 7) is 2.22. The molecule has 0 saturated carbocycles. The highest BCUT2D eigenvalue weighted by Gasteiger charge is 2.54. The number of nitrogens with zero attached hydrogens (tertiary/aromatic N) is 2. The van der Waals surface area contributed by atoms with Gasteiger partial charge in [-0.05, 0) is 79.4 Å². The third-order valence-electron chi connectivity index (χ3n) is 8.18. The summed E-state index contributed by atoms with van der Waals surface area (Å²) in [6, 6.07) is 16.2. The van der Waals surface area contributed by atoms with Gasteiger partial charge >= 0.3 is 6.09 Å². The van der Waals surface area contributed by atoms with Gasteiger partial charge < -0.3 is 20.1 Å². The Labute approximate surface area is 248 Å². The molecular formula is C30H31ClFN3O6S. The number of anilines is 1. The molecule has 2 amide bonds. The molecule has 12 heteroatoms. The number of hydrogen-bond acceptors (Lipinski definition) is 6. The van der Waals surface area contributed by atoms with Gasteiger partial charge in [0.05, 0.1) is 23.2 Å². The van der Waals surface area contributed by atoms with E-state index in [0.717, 1.165) is 17.7 Å². The van der Waals surface area contributed by atoms with E-state index in [1.54, 1.807) is 30.3 Å². The van der Waals surface area contributed by atoms with E-state index < -0.39 is 33.4 Å². The van der Waals surface area contributed by atoms with Crippen LogP contribution in [0.3, 0.4) is 0 Å². The second-order valence-corrected chi connectivity index (χ2v) is 12.6. The predicted octanol–water partition coefficient (Wildman–Crippen LogP) is 4.47. The number of piperidine rings is 1. The average Bonchev–Trinajstić information content (AvgIpc) is 3.22. The Hall–Kier alpha value is -3.67.